The first-order valence-corrected chi connectivity index (χ1v) is 7.76. The fourth-order valence-corrected chi connectivity index (χ4v) is 1.08. The molecule has 0 aliphatic rings. The molecule has 0 aliphatic heterocycles. The van der Waals surface area contributed by atoms with Gasteiger partial charge < -0.3 is 29.4 Å². The van der Waals surface area contributed by atoms with Crippen LogP contribution in [0.25, 0.3) is 0 Å². The second kappa shape index (κ2) is 7.14. The van der Waals surface area contributed by atoms with E-state index in [0.717, 1.165) is 11.1 Å². The van der Waals surface area contributed by atoms with Gasteiger partial charge in [-0.15, -0.1) is 0 Å². The molecule has 0 aliphatic carbocycles. The van der Waals surface area contributed by atoms with E-state index in [1.807, 2.05) is 13.0 Å². The lowest BCUT2D eigenvalue weighted by Gasteiger charge is -2.08. The molecule has 0 radical (unpaired) electrons. The molecule has 0 heterocycles. The van der Waals surface area contributed by atoms with Crippen LogP contribution in [0.5, 0.6) is 5.75 Å². The molecule has 0 amide bonds. The largest absolute Gasteiger partial charge is 0.505 e. The SMILES string of the molecule is Cc1cccc(OOP(=O)(O)O)c1C.O=P(O)(O)O. The van der Waals surface area contributed by atoms with E-state index in [9.17, 15) is 4.57 Å². The van der Waals surface area contributed by atoms with Crippen LogP contribution in [0.3, 0.4) is 0 Å². The molecular weight excluding hydrogens is 302 g/mol. The first kappa shape index (κ1) is 18.2. The summed E-state index contributed by atoms with van der Waals surface area (Å²) in [6.07, 6.45) is 0. The van der Waals surface area contributed by atoms with Gasteiger partial charge in [-0.2, -0.15) is 0 Å². The van der Waals surface area contributed by atoms with E-state index >= 15 is 0 Å². The van der Waals surface area contributed by atoms with Crippen molar-refractivity contribution < 1.29 is 43.2 Å². The molecule has 1 aromatic carbocycles. The maximum atomic E-state index is 10.3. The summed E-state index contributed by atoms with van der Waals surface area (Å²) in [4.78, 5) is 42.9. The Balaban J connectivity index is 0.000000555. The minimum absolute atomic E-state index is 0.299. The first-order chi connectivity index (χ1) is 8.40. The number of hydrogen-bond donors (Lipinski definition) is 5. The van der Waals surface area contributed by atoms with Crippen LogP contribution in [0.2, 0.25) is 0 Å². The average Bonchev–Trinajstić information content (AvgIpc) is 2.16. The van der Waals surface area contributed by atoms with E-state index in [0.29, 0.717) is 5.75 Å². The Hall–Kier alpha value is -0.760. The van der Waals surface area contributed by atoms with E-state index in [2.05, 4.69) is 9.56 Å². The number of phosphoric acid groups is 2. The van der Waals surface area contributed by atoms with Gasteiger partial charge in [0, 0.05) is 0 Å². The van der Waals surface area contributed by atoms with Crippen molar-refractivity contribution in [2.75, 3.05) is 0 Å². The molecule has 11 heteroatoms. The number of hydrogen-bond acceptors (Lipinski definition) is 4. The monoisotopic (exact) mass is 316 g/mol. The van der Waals surface area contributed by atoms with Gasteiger partial charge >= 0.3 is 15.6 Å². The third kappa shape index (κ3) is 10.8. The van der Waals surface area contributed by atoms with Crippen molar-refractivity contribution in [3.8, 4) is 5.75 Å². The Labute approximate surface area is 108 Å². The minimum Gasteiger partial charge on any atom is -0.327 e. The smallest absolute Gasteiger partial charge is 0.327 e. The van der Waals surface area contributed by atoms with Crippen LogP contribution in [0.1, 0.15) is 11.1 Å². The van der Waals surface area contributed by atoms with Crippen molar-refractivity contribution in [2.24, 2.45) is 0 Å². The molecule has 0 bridgehead atoms. The van der Waals surface area contributed by atoms with Crippen LogP contribution >= 0.6 is 15.6 Å². The lowest BCUT2D eigenvalue weighted by atomic mass is 10.1. The second-order valence-corrected chi connectivity index (χ2v) is 5.52. The molecule has 110 valence electrons. The summed E-state index contributed by atoms with van der Waals surface area (Å²) in [5.41, 5.74) is 1.73. The van der Waals surface area contributed by atoms with Crippen molar-refractivity contribution in [1.82, 2.24) is 0 Å². The normalized spacial score (nSPS) is 11.5. The standard InChI is InChI=1S/C8H11O5P.H3O4P/c1-6-4-3-5-8(7(6)2)12-13-14(9,10)11;1-5(2,3)4/h3-5H,1-2H3,(H2,9,10,11);(H3,1,2,3,4). The van der Waals surface area contributed by atoms with E-state index < -0.39 is 15.6 Å². The summed E-state index contributed by atoms with van der Waals surface area (Å²) >= 11 is 0. The van der Waals surface area contributed by atoms with Crippen molar-refractivity contribution in [2.45, 2.75) is 13.8 Å². The summed E-state index contributed by atoms with van der Waals surface area (Å²) in [5.74, 6) is 0.299. The van der Waals surface area contributed by atoms with Gasteiger partial charge in [0.25, 0.3) is 0 Å². The van der Waals surface area contributed by atoms with E-state index in [4.69, 9.17) is 29.0 Å². The van der Waals surface area contributed by atoms with Gasteiger partial charge in [0.15, 0.2) is 5.75 Å². The molecule has 0 aromatic heterocycles. The Kier molecular flexibility index (Phi) is 6.85. The molecule has 0 spiro atoms. The minimum atomic E-state index is -4.64. The third-order valence-corrected chi connectivity index (χ3v) is 2.05. The zero-order valence-electron chi connectivity index (χ0n) is 10.00. The van der Waals surface area contributed by atoms with Crippen LogP contribution in [0, 0.1) is 13.8 Å². The predicted octanol–water partition coefficient (Wildman–Crippen LogP) is 0.778. The predicted molar refractivity (Wildman–Crippen MR) is 63.9 cm³/mol. The fraction of sp³-hybridized carbons (Fsp3) is 0.250. The lowest BCUT2D eigenvalue weighted by Crippen LogP contribution is -1.97. The van der Waals surface area contributed by atoms with E-state index in [-0.39, 0.29) is 0 Å². The Bertz CT molecular complexity index is 495. The summed E-state index contributed by atoms with van der Waals surface area (Å²) in [5, 5.41) is 0. The van der Waals surface area contributed by atoms with Gasteiger partial charge in [-0.1, -0.05) is 16.8 Å². The molecule has 19 heavy (non-hydrogen) atoms. The van der Waals surface area contributed by atoms with Gasteiger partial charge in [0.1, 0.15) is 0 Å². The zero-order valence-corrected chi connectivity index (χ0v) is 11.8. The zero-order chi connectivity index (χ0) is 15.3. The highest BCUT2D eigenvalue weighted by Gasteiger charge is 2.17. The topological polar surface area (TPSA) is 154 Å². The second-order valence-electron chi connectivity index (χ2n) is 3.36. The fourth-order valence-electron chi connectivity index (χ4n) is 0.903. The van der Waals surface area contributed by atoms with Crippen LogP contribution in [-0.4, -0.2) is 24.5 Å². The Morgan fingerprint density at radius 2 is 1.47 bits per heavy atom. The quantitative estimate of drug-likeness (QED) is 0.309. The number of benzene rings is 1. The summed E-state index contributed by atoms with van der Waals surface area (Å²) in [7, 11) is -9.23. The molecule has 1 aromatic rings. The molecule has 9 nitrogen and oxygen atoms in total. The average molecular weight is 316 g/mol. The van der Waals surface area contributed by atoms with E-state index in [1.54, 1.807) is 19.1 Å². The van der Waals surface area contributed by atoms with Crippen molar-refractivity contribution in [3.05, 3.63) is 29.3 Å². The van der Waals surface area contributed by atoms with Gasteiger partial charge in [0.2, 0.25) is 0 Å². The van der Waals surface area contributed by atoms with Crippen LogP contribution in [0.4, 0.5) is 0 Å². The number of rotatable bonds is 3. The van der Waals surface area contributed by atoms with Gasteiger partial charge in [-0.3, -0.25) is 0 Å². The summed E-state index contributed by atoms with van der Waals surface area (Å²) in [6, 6.07) is 5.14. The van der Waals surface area contributed by atoms with Crippen LogP contribution < -0.4 is 4.89 Å². The molecule has 0 saturated heterocycles. The Morgan fingerprint density at radius 3 is 1.89 bits per heavy atom. The van der Waals surface area contributed by atoms with Gasteiger partial charge in [-0.25, -0.2) is 9.13 Å². The molecule has 5 N–H and O–H groups in total. The maximum Gasteiger partial charge on any atom is 0.505 e. The van der Waals surface area contributed by atoms with E-state index in [1.165, 1.54) is 0 Å². The molecular formula is C8H14O9P2. The number of aryl methyl sites for hydroxylation is 1. The molecule has 0 atom stereocenters. The summed E-state index contributed by atoms with van der Waals surface area (Å²) in [6.45, 7) is 3.63. The Morgan fingerprint density at radius 1 is 1.00 bits per heavy atom. The molecule has 0 fully saturated rings. The molecule has 0 saturated carbocycles. The summed E-state index contributed by atoms with van der Waals surface area (Å²) < 4.78 is 23.1. The van der Waals surface area contributed by atoms with Crippen molar-refractivity contribution >= 4 is 15.6 Å². The van der Waals surface area contributed by atoms with Gasteiger partial charge in [0.05, 0.1) is 0 Å². The lowest BCUT2D eigenvalue weighted by molar-refractivity contribution is -0.123. The maximum absolute atomic E-state index is 10.3. The van der Waals surface area contributed by atoms with Crippen LogP contribution in [0.15, 0.2) is 18.2 Å². The highest BCUT2D eigenvalue weighted by Crippen LogP contribution is 2.37. The van der Waals surface area contributed by atoms with Gasteiger partial charge in [-0.05, 0) is 31.0 Å². The van der Waals surface area contributed by atoms with Crippen molar-refractivity contribution in [3.63, 3.8) is 0 Å². The van der Waals surface area contributed by atoms with Crippen LogP contribution in [-0.2, 0) is 13.8 Å². The first-order valence-electron chi connectivity index (χ1n) is 4.66. The highest BCUT2D eigenvalue weighted by atomic mass is 31.2. The third-order valence-electron chi connectivity index (χ3n) is 1.78. The van der Waals surface area contributed by atoms with Crippen molar-refractivity contribution in [1.29, 1.82) is 0 Å². The highest BCUT2D eigenvalue weighted by molar-refractivity contribution is 7.46. The molecule has 0 unspecified atom stereocenters. The molecule has 1 rings (SSSR count).